The van der Waals surface area contributed by atoms with Crippen LogP contribution in [-0.4, -0.2) is 28.4 Å². The average Bonchev–Trinajstić information content (AvgIpc) is 2.15. The lowest BCUT2D eigenvalue weighted by molar-refractivity contribution is 0.300. The van der Waals surface area contributed by atoms with Gasteiger partial charge in [0.1, 0.15) is 5.82 Å². The number of rotatable bonds is 3. The first-order valence-electron chi connectivity index (χ1n) is 4.31. The Bertz CT molecular complexity index is 317. The Kier molecular flexibility index (Phi) is 4.28. The van der Waals surface area contributed by atoms with Gasteiger partial charge >= 0.3 is 0 Å². The summed E-state index contributed by atoms with van der Waals surface area (Å²) in [6.07, 6.45) is 1.71. The standard InChI is InChI=1S/C9H13N3OS/c1-7-2-3-10-8(6-7)12-9(14)11-4-5-13/h2-3,6,13H,4-5H2,1H3,(H2,10,11,12,14). The lowest BCUT2D eigenvalue weighted by atomic mass is 10.3. The van der Waals surface area contributed by atoms with Crippen LogP contribution < -0.4 is 10.6 Å². The Hall–Kier alpha value is -1.20. The number of hydrogen-bond acceptors (Lipinski definition) is 3. The largest absolute Gasteiger partial charge is 0.395 e. The van der Waals surface area contributed by atoms with Gasteiger partial charge < -0.3 is 15.7 Å². The van der Waals surface area contributed by atoms with Crippen LogP contribution in [0.3, 0.4) is 0 Å². The second-order valence-corrected chi connectivity index (χ2v) is 3.23. The number of anilines is 1. The van der Waals surface area contributed by atoms with Crippen LogP contribution in [0, 0.1) is 6.92 Å². The van der Waals surface area contributed by atoms with Crippen molar-refractivity contribution in [1.82, 2.24) is 10.3 Å². The minimum Gasteiger partial charge on any atom is -0.395 e. The Labute approximate surface area is 88.4 Å². The van der Waals surface area contributed by atoms with E-state index in [1.807, 2.05) is 19.1 Å². The summed E-state index contributed by atoms with van der Waals surface area (Å²) >= 11 is 4.97. The molecule has 1 rings (SSSR count). The fourth-order valence-corrected chi connectivity index (χ4v) is 1.14. The quantitative estimate of drug-likeness (QED) is 0.642. The van der Waals surface area contributed by atoms with E-state index in [4.69, 9.17) is 17.3 Å². The molecule has 0 bridgehead atoms. The van der Waals surface area contributed by atoms with Gasteiger partial charge in [0.2, 0.25) is 0 Å². The molecule has 1 heterocycles. The van der Waals surface area contributed by atoms with Crippen LogP contribution in [0.2, 0.25) is 0 Å². The van der Waals surface area contributed by atoms with Gasteiger partial charge in [0.25, 0.3) is 0 Å². The molecule has 0 aliphatic heterocycles. The number of nitrogens with zero attached hydrogens (tertiary/aromatic N) is 1. The molecule has 0 aromatic carbocycles. The third-order valence-electron chi connectivity index (χ3n) is 1.55. The SMILES string of the molecule is Cc1ccnc(NC(=S)NCCO)c1. The molecule has 0 radical (unpaired) electrons. The minimum atomic E-state index is 0.0586. The van der Waals surface area contributed by atoms with Gasteiger partial charge in [0, 0.05) is 12.7 Å². The summed E-state index contributed by atoms with van der Waals surface area (Å²) < 4.78 is 0. The summed E-state index contributed by atoms with van der Waals surface area (Å²) in [5.41, 5.74) is 1.12. The van der Waals surface area contributed by atoms with Crippen molar-refractivity contribution in [3.63, 3.8) is 0 Å². The van der Waals surface area contributed by atoms with Gasteiger partial charge in [-0.05, 0) is 36.8 Å². The lowest BCUT2D eigenvalue weighted by Crippen LogP contribution is -2.31. The number of aliphatic hydroxyl groups excluding tert-OH is 1. The van der Waals surface area contributed by atoms with Gasteiger partial charge in [0.05, 0.1) is 6.61 Å². The van der Waals surface area contributed by atoms with E-state index in [1.165, 1.54) is 0 Å². The first kappa shape index (κ1) is 10.9. The molecule has 0 unspecified atom stereocenters. The van der Waals surface area contributed by atoms with Crippen LogP contribution in [-0.2, 0) is 0 Å². The molecule has 0 saturated carbocycles. The van der Waals surface area contributed by atoms with E-state index in [0.717, 1.165) is 5.56 Å². The van der Waals surface area contributed by atoms with E-state index >= 15 is 0 Å². The van der Waals surface area contributed by atoms with Crippen LogP contribution in [0.4, 0.5) is 5.82 Å². The molecule has 0 fully saturated rings. The summed E-state index contributed by atoms with van der Waals surface area (Å²) in [4.78, 5) is 4.09. The van der Waals surface area contributed by atoms with Gasteiger partial charge in [-0.25, -0.2) is 4.98 Å². The van der Waals surface area contributed by atoms with Crippen LogP contribution >= 0.6 is 12.2 Å². The monoisotopic (exact) mass is 211 g/mol. The smallest absolute Gasteiger partial charge is 0.172 e. The number of aryl methyl sites for hydroxylation is 1. The maximum atomic E-state index is 8.56. The van der Waals surface area contributed by atoms with E-state index in [1.54, 1.807) is 6.20 Å². The zero-order chi connectivity index (χ0) is 10.4. The zero-order valence-corrected chi connectivity index (χ0v) is 8.77. The molecule has 0 atom stereocenters. The number of hydrogen-bond donors (Lipinski definition) is 3. The molecule has 1 aromatic heterocycles. The Morgan fingerprint density at radius 1 is 1.64 bits per heavy atom. The van der Waals surface area contributed by atoms with Gasteiger partial charge in [-0.1, -0.05) is 0 Å². The van der Waals surface area contributed by atoms with Gasteiger partial charge in [0.15, 0.2) is 5.11 Å². The van der Waals surface area contributed by atoms with Gasteiger partial charge in [-0.2, -0.15) is 0 Å². The topological polar surface area (TPSA) is 57.2 Å². The summed E-state index contributed by atoms with van der Waals surface area (Å²) in [5, 5.41) is 14.8. The van der Waals surface area contributed by atoms with Gasteiger partial charge in [-0.15, -0.1) is 0 Å². The fourth-order valence-electron chi connectivity index (χ4n) is 0.934. The second-order valence-electron chi connectivity index (χ2n) is 2.82. The van der Waals surface area contributed by atoms with E-state index < -0.39 is 0 Å². The average molecular weight is 211 g/mol. The number of pyridine rings is 1. The van der Waals surface area contributed by atoms with Crippen molar-refractivity contribution in [2.45, 2.75) is 6.92 Å². The summed E-state index contributed by atoms with van der Waals surface area (Å²) in [6, 6.07) is 3.81. The summed E-state index contributed by atoms with van der Waals surface area (Å²) in [5.74, 6) is 0.709. The molecule has 5 heteroatoms. The predicted octanol–water partition coefficient (Wildman–Crippen LogP) is 0.669. The van der Waals surface area contributed by atoms with Crippen LogP contribution in [0.25, 0.3) is 0 Å². The fraction of sp³-hybridized carbons (Fsp3) is 0.333. The molecule has 76 valence electrons. The Morgan fingerprint density at radius 3 is 3.07 bits per heavy atom. The number of aliphatic hydroxyl groups is 1. The first-order valence-corrected chi connectivity index (χ1v) is 4.71. The lowest BCUT2D eigenvalue weighted by Gasteiger charge is -2.08. The molecular formula is C9H13N3OS. The highest BCUT2D eigenvalue weighted by atomic mass is 32.1. The van der Waals surface area contributed by atoms with Crippen LogP contribution in [0.1, 0.15) is 5.56 Å². The van der Waals surface area contributed by atoms with E-state index in [-0.39, 0.29) is 6.61 Å². The molecule has 0 aliphatic rings. The molecule has 0 amide bonds. The van der Waals surface area contributed by atoms with E-state index in [2.05, 4.69) is 15.6 Å². The normalized spacial score (nSPS) is 9.57. The third-order valence-corrected chi connectivity index (χ3v) is 1.80. The highest BCUT2D eigenvalue weighted by Crippen LogP contribution is 2.04. The minimum absolute atomic E-state index is 0.0586. The molecule has 3 N–H and O–H groups in total. The maximum Gasteiger partial charge on any atom is 0.172 e. The highest BCUT2D eigenvalue weighted by Gasteiger charge is 1.97. The van der Waals surface area contributed by atoms with Crippen molar-refractivity contribution >= 4 is 23.1 Å². The summed E-state index contributed by atoms with van der Waals surface area (Å²) in [6.45, 7) is 2.48. The van der Waals surface area contributed by atoms with Crippen molar-refractivity contribution in [1.29, 1.82) is 0 Å². The number of nitrogens with one attached hydrogen (secondary N) is 2. The van der Waals surface area contributed by atoms with Crippen molar-refractivity contribution in [2.75, 3.05) is 18.5 Å². The van der Waals surface area contributed by atoms with Crippen molar-refractivity contribution in [3.05, 3.63) is 23.9 Å². The molecule has 14 heavy (non-hydrogen) atoms. The van der Waals surface area contributed by atoms with Crippen molar-refractivity contribution in [3.8, 4) is 0 Å². The van der Waals surface area contributed by atoms with Crippen molar-refractivity contribution < 1.29 is 5.11 Å². The third kappa shape index (κ3) is 3.68. The molecule has 0 saturated heterocycles. The molecule has 0 aliphatic carbocycles. The number of aromatic nitrogens is 1. The molecular weight excluding hydrogens is 198 g/mol. The summed E-state index contributed by atoms with van der Waals surface area (Å²) in [7, 11) is 0. The Morgan fingerprint density at radius 2 is 2.43 bits per heavy atom. The molecule has 0 spiro atoms. The van der Waals surface area contributed by atoms with Crippen LogP contribution in [0.15, 0.2) is 18.3 Å². The molecule has 4 nitrogen and oxygen atoms in total. The maximum absolute atomic E-state index is 8.56. The highest BCUT2D eigenvalue weighted by molar-refractivity contribution is 7.80. The first-order chi connectivity index (χ1) is 6.72. The van der Waals surface area contributed by atoms with Gasteiger partial charge in [-0.3, -0.25) is 0 Å². The second kappa shape index (κ2) is 5.51. The van der Waals surface area contributed by atoms with Crippen molar-refractivity contribution in [2.24, 2.45) is 0 Å². The van der Waals surface area contributed by atoms with E-state index in [0.29, 0.717) is 17.5 Å². The molecule has 1 aromatic rings. The van der Waals surface area contributed by atoms with Crippen LogP contribution in [0.5, 0.6) is 0 Å². The number of thiocarbonyl (C=S) groups is 1. The predicted molar refractivity (Wildman–Crippen MR) is 60.3 cm³/mol. The van der Waals surface area contributed by atoms with E-state index in [9.17, 15) is 0 Å². The Balaban J connectivity index is 2.47. The zero-order valence-electron chi connectivity index (χ0n) is 7.95.